The van der Waals surface area contributed by atoms with Gasteiger partial charge >= 0.3 is 0 Å². The van der Waals surface area contributed by atoms with Gasteiger partial charge in [-0.25, -0.2) is 4.98 Å². The van der Waals surface area contributed by atoms with Crippen LogP contribution in [0.1, 0.15) is 31.2 Å². The Balaban J connectivity index is 2.77. The third-order valence-electron chi connectivity index (χ3n) is 2.53. The minimum Gasteiger partial charge on any atom is -0.332 e. The molecule has 0 fully saturated rings. The number of pyridine rings is 1. The summed E-state index contributed by atoms with van der Waals surface area (Å²) in [4.78, 5) is 8.90. The van der Waals surface area contributed by atoms with E-state index in [4.69, 9.17) is 5.73 Å². The Kier molecular flexibility index (Phi) is 2.44. The standard InChI is InChI=1S/C11H16N4/c1-7(2)10-11-9(13-6-15(11)3)4-8(5-12)14-10/h4,6-7H,5,12H2,1-3H3. The van der Waals surface area contributed by atoms with Crippen LogP contribution in [0.3, 0.4) is 0 Å². The van der Waals surface area contributed by atoms with E-state index in [-0.39, 0.29) is 0 Å². The highest BCUT2D eigenvalue weighted by Gasteiger charge is 2.12. The number of aromatic nitrogens is 3. The summed E-state index contributed by atoms with van der Waals surface area (Å²) in [5, 5.41) is 0. The lowest BCUT2D eigenvalue weighted by Crippen LogP contribution is -2.05. The van der Waals surface area contributed by atoms with Gasteiger partial charge in [-0.2, -0.15) is 0 Å². The summed E-state index contributed by atoms with van der Waals surface area (Å²) in [6.07, 6.45) is 1.82. The molecule has 2 N–H and O–H groups in total. The summed E-state index contributed by atoms with van der Waals surface area (Å²) in [6, 6.07) is 1.96. The summed E-state index contributed by atoms with van der Waals surface area (Å²) in [7, 11) is 1.99. The highest BCUT2D eigenvalue weighted by atomic mass is 15.0. The van der Waals surface area contributed by atoms with Gasteiger partial charge in [0.15, 0.2) is 0 Å². The topological polar surface area (TPSA) is 56.7 Å². The fourth-order valence-corrected chi connectivity index (χ4v) is 1.77. The largest absolute Gasteiger partial charge is 0.332 e. The number of hydrogen-bond donors (Lipinski definition) is 1. The molecule has 2 aromatic rings. The Labute approximate surface area is 89.1 Å². The van der Waals surface area contributed by atoms with Crippen molar-refractivity contribution in [3.8, 4) is 0 Å². The average molecular weight is 204 g/mol. The second kappa shape index (κ2) is 3.62. The second-order valence-corrected chi connectivity index (χ2v) is 4.08. The number of nitrogens with zero attached hydrogens (tertiary/aromatic N) is 3. The van der Waals surface area contributed by atoms with Crippen molar-refractivity contribution in [2.75, 3.05) is 0 Å². The van der Waals surface area contributed by atoms with Crippen LogP contribution in [0.25, 0.3) is 11.0 Å². The first-order chi connectivity index (χ1) is 7.13. The molecule has 0 radical (unpaired) electrons. The Hall–Kier alpha value is -1.42. The molecule has 0 saturated carbocycles. The molecular formula is C11H16N4. The minimum absolute atomic E-state index is 0.384. The fourth-order valence-electron chi connectivity index (χ4n) is 1.77. The number of nitrogens with two attached hydrogens (primary N) is 1. The monoisotopic (exact) mass is 204 g/mol. The van der Waals surface area contributed by atoms with Crippen LogP contribution in [0.5, 0.6) is 0 Å². The predicted molar refractivity (Wildman–Crippen MR) is 60.5 cm³/mol. The molecule has 0 spiro atoms. The van der Waals surface area contributed by atoms with Gasteiger partial charge in [0.2, 0.25) is 0 Å². The van der Waals surface area contributed by atoms with E-state index in [1.165, 1.54) is 0 Å². The van der Waals surface area contributed by atoms with Gasteiger partial charge in [0.05, 0.1) is 28.7 Å². The van der Waals surface area contributed by atoms with Crippen LogP contribution < -0.4 is 5.73 Å². The smallest absolute Gasteiger partial charge is 0.0956 e. The van der Waals surface area contributed by atoms with E-state index in [1.807, 2.05) is 24.0 Å². The summed E-state index contributed by atoms with van der Waals surface area (Å²) < 4.78 is 2.01. The first kappa shape index (κ1) is 10.1. The molecule has 80 valence electrons. The molecular weight excluding hydrogens is 188 g/mol. The summed E-state index contributed by atoms with van der Waals surface area (Å²) in [5.74, 6) is 0.384. The molecule has 2 heterocycles. The van der Waals surface area contributed by atoms with Crippen LogP contribution >= 0.6 is 0 Å². The van der Waals surface area contributed by atoms with E-state index >= 15 is 0 Å². The predicted octanol–water partition coefficient (Wildman–Crippen LogP) is 1.55. The van der Waals surface area contributed by atoms with Crippen LogP contribution in [-0.2, 0) is 13.6 Å². The zero-order chi connectivity index (χ0) is 11.0. The van der Waals surface area contributed by atoms with Crippen molar-refractivity contribution in [2.45, 2.75) is 26.3 Å². The molecule has 15 heavy (non-hydrogen) atoms. The fraction of sp³-hybridized carbons (Fsp3) is 0.455. The third kappa shape index (κ3) is 1.61. The minimum atomic E-state index is 0.384. The van der Waals surface area contributed by atoms with Crippen molar-refractivity contribution >= 4 is 11.0 Å². The molecule has 0 amide bonds. The number of fused-ring (bicyclic) bond motifs is 1. The molecule has 0 unspecified atom stereocenters. The Morgan fingerprint density at radius 2 is 2.20 bits per heavy atom. The lowest BCUT2D eigenvalue weighted by molar-refractivity contribution is 0.801. The molecule has 0 bridgehead atoms. The number of imidazole rings is 1. The van der Waals surface area contributed by atoms with Crippen LogP contribution in [0.15, 0.2) is 12.4 Å². The van der Waals surface area contributed by atoms with Crippen molar-refractivity contribution in [2.24, 2.45) is 12.8 Å². The van der Waals surface area contributed by atoms with Crippen LogP contribution in [0, 0.1) is 0 Å². The average Bonchev–Trinajstić information content (AvgIpc) is 2.59. The van der Waals surface area contributed by atoms with Crippen LogP contribution in [-0.4, -0.2) is 14.5 Å². The van der Waals surface area contributed by atoms with E-state index in [9.17, 15) is 0 Å². The maximum absolute atomic E-state index is 5.62. The van der Waals surface area contributed by atoms with E-state index in [0.717, 1.165) is 22.4 Å². The van der Waals surface area contributed by atoms with E-state index in [2.05, 4.69) is 23.8 Å². The molecule has 4 nitrogen and oxygen atoms in total. The van der Waals surface area contributed by atoms with E-state index < -0.39 is 0 Å². The van der Waals surface area contributed by atoms with Gasteiger partial charge in [-0.15, -0.1) is 0 Å². The molecule has 2 aromatic heterocycles. The zero-order valence-electron chi connectivity index (χ0n) is 9.36. The first-order valence-corrected chi connectivity index (χ1v) is 5.14. The summed E-state index contributed by atoms with van der Waals surface area (Å²) in [5.41, 5.74) is 9.70. The van der Waals surface area contributed by atoms with Gasteiger partial charge in [0.25, 0.3) is 0 Å². The van der Waals surface area contributed by atoms with Gasteiger partial charge < -0.3 is 10.3 Å². The van der Waals surface area contributed by atoms with Gasteiger partial charge in [0.1, 0.15) is 0 Å². The maximum Gasteiger partial charge on any atom is 0.0956 e. The van der Waals surface area contributed by atoms with Gasteiger partial charge in [-0.3, -0.25) is 4.98 Å². The highest BCUT2D eigenvalue weighted by molar-refractivity contribution is 5.78. The van der Waals surface area contributed by atoms with Gasteiger partial charge in [0, 0.05) is 13.6 Å². The Morgan fingerprint density at radius 1 is 1.47 bits per heavy atom. The maximum atomic E-state index is 5.62. The van der Waals surface area contributed by atoms with Gasteiger partial charge in [-0.05, 0) is 12.0 Å². The first-order valence-electron chi connectivity index (χ1n) is 5.14. The molecule has 2 rings (SSSR count). The molecule has 0 saturated heterocycles. The normalized spacial score (nSPS) is 11.5. The van der Waals surface area contributed by atoms with Crippen molar-refractivity contribution in [1.29, 1.82) is 0 Å². The molecule has 0 aliphatic carbocycles. The zero-order valence-corrected chi connectivity index (χ0v) is 9.36. The van der Waals surface area contributed by atoms with E-state index in [1.54, 1.807) is 0 Å². The SMILES string of the molecule is CC(C)c1nc(CN)cc2ncn(C)c12. The Bertz CT molecular complexity index is 485. The lowest BCUT2D eigenvalue weighted by Gasteiger charge is -2.09. The number of rotatable bonds is 2. The van der Waals surface area contributed by atoms with Crippen molar-refractivity contribution in [3.63, 3.8) is 0 Å². The molecule has 0 aliphatic rings. The molecule has 4 heteroatoms. The van der Waals surface area contributed by atoms with E-state index in [0.29, 0.717) is 12.5 Å². The second-order valence-electron chi connectivity index (χ2n) is 4.08. The summed E-state index contributed by atoms with van der Waals surface area (Å²) >= 11 is 0. The quantitative estimate of drug-likeness (QED) is 0.807. The van der Waals surface area contributed by atoms with Crippen LogP contribution in [0.4, 0.5) is 0 Å². The number of aryl methyl sites for hydroxylation is 1. The van der Waals surface area contributed by atoms with Crippen molar-refractivity contribution < 1.29 is 0 Å². The molecule has 0 atom stereocenters. The molecule has 0 aromatic carbocycles. The summed E-state index contributed by atoms with van der Waals surface area (Å²) in [6.45, 7) is 4.73. The highest BCUT2D eigenvalue weighted by Crippen LogP contribution is 2.23. The molecule has 0 aliphatic heterocycles. The third-order valence-corrected chi connectivity index (χ3v) is 2.53. The Morgan fingerprint density at radius 3 is 2.80 bits per heavy atom. The van der Waals surface area contributed by atoms with Crippen molar-refractivity contribution in [1.82, 2.24) is 14.5 Å². The number of hydrogen-bond acceptors (Lipinski definition) is 3. The van der Waals surface area contributed by atoms with Gasteiger partial charge in [-0.1, -0.05) is 13.8 Å². The lowest BCUT2D eigenvalue weighted by atomic mass is 10.1. The van der Waals surface area contributed by atoms with Crippen molar-refractivity contribution in [3.05, 3.63) is 23.8 Å². The van der Waals surface area contributed by atoms with Crippen LogP contribution in [0.2, 0.25) is 0 Å².